The lowest BCUT2D eigenvalue weighted by atomic mass is 9.92. The highest BCUT2D eigenvalue weighted by molar-refractivity contribution is 7.98. The standard InChI is InChI=1S/C12H19NOS/c1-3-9(8-14)12(13)10-4-6-11(15-2)7-5-10/h4-7,9,12,14H,3,8,13H2,1-2H3. The van der Waals surface area contributed by atoms with E-state index in [1.165, 1.54) is 4.90 Å². The number of hydrogen-bond donors (Lipinski definition) is 2. The van der Waals surface area contributed by atoms with E-state index >= 15 is 0 Å². The first-order valence-electron chi connectivity index (χ1n) is 5.23. The molecule has 3 heteroatoms. The highest BCUT2D eigenvalue weighted by Gasteiger charge is 2.16. The fourth-order valence-corrected chi connectivity index (χ4v) is 2.00. The van der Waals surface area contributed by atoms with Crippen molar-refractivity contribution in [2.45, 2.75) is 24.3 Å². The van der Waals surface area contributed by atoms with E-state index in [2.05, 4.69) is 37.4 Å². The van der Waals surface area contributed by atoms with E-state index in [9.17, 15) is 5.11 Å². The van der Waals surface area contributed by atoms with Crippen LogP contribution in [0.1, 0.15) is 24.9 Å². The van der Waals surface area contributed by atoms with Gasteiger partial charge in [0.1, 0.15) is 0 Å². The van der Waals surface area contributed by atoms with Crippen LogP contribution in [-0.4, -0.2) is 18.0 Å². The highest BCUT2D eigenvalue weighted by atomic mass is 32.2. The second-order valence-corrected chi connectivity index (χ2v) is 4.53. The van der Waals surface area contributed by atoms with E-state index in [1.807, 2.05) is 0 Å². The minimum absolute atomic E-state index is 0.0593. The maximum absolute atomic E-state index is 9.17. The lowest BCUT2D eigenvalue weighted by Gasteiger charge is -2.20. The van der Waals surface area contributed by atoms with Crippen molar-refractivity contribution in [2.75, 3.05) is 12.9 Å². The smallest absolute Gasteiger partial charge is 0.0477 e. The van der Waals surface area contributed by atoms with Crippen LogP contribution in [0.2, 0.25) is 0 Å². The number of hydrogen-bond acceptors (Lipinski definition) is 3. The Morgan fingerprint density at radius 2 is 1.93 bits per heavy atom. The molecule has 1 aromatic rings. The van der Waals surface area contributed by atoms with Crippen LogP contribution in [0.5, 0.6) is 0 Å². The largest absolute Gasteiger partial charge is 0.396 e. The first-order valence-corrected chi connectivity index (χ1v) is 6.45. The molecule has 2 unspecified atom stereocenters. The zero-order valence-corrected chi connectivity index (χ0v) is 10.1. The summed E-state index contributed by atoms with van der Waals surface area (Å²) in [7, 11) is 0. The monoisotopic (exact) mass is 225 g/mol. The molecule has 0 amide bonds. The summed E-state index contributed by atoms with van der Waals surface area (Å²) in [5.74, 6) is 0.158. The molecule has 0 heterocycles. The van der Waals surface area contributed by atoms with Gasteiger partial charge in [0.25, 0.3) is 0 Å². The molecule has 0 spiro atoms. The Kier molecular flexibility index (Phi) is 5.15. The van der Waals surface area contributed by atoms with Crippen molar-refractivity contribution in [1.82, 2.24) is 0 Å². The quantitative estimate of drug-likeness (QED) is 0.757. The summed E-state index contributed by atoms with van der Waals surface area (Å²) in [5, 5.41) is 9.17. The second-order valence-electron chi connectivity index (χ2n) is 3.65. The summed E-state index contributed by atoms with van der Waals surface area (Å²) in [5.41, 5.74) is 7.19. The predicted molar refractivity (Wildman–Crippen MR) is 66.0 cm³/mol. The number of benzene rings is 1. The molecule has 0 radical (unpaired) electrons. The Labute approximate surface area is 95.9 Å². The molecule has 1 rings (SSSR count). The summed E-state index contributed by atoms with van der Waals surface area (Å²) in [6.45, 7) is 2.21. The number of aliphatic hydroxyl groups is 1. The lowest BCUT2D eigenvalue weighted by Crippen LogP contribution is -2.23. The molecule has 0 fully saturated rings. The summed E-state index contributed by atoms with van der Waals surface area (Å²) in [6, 6.07) is 8.19. The summed E-state index contributed by atoms with van der Waals surface area (Å²) in [4.78, 5) is 1.24. The summed E-state index contributed by atoms with van der Waals surface area (Å²) in [6.07, 6.45) is 2.96. The van der Waals surface area contributed by atoms with Gasteiger partial charge in [0.15, 0.2) is 0 Å². The molecule has 0 aliphatic heterocycles. The molecule has 1 aromatic carbocycles. The minimum atomic E-state index is -0.0593. The van der Waals surface area contributed by atoms with Gasteiger partial charge in [-0.1, -0.05) is 19.1 Å². The first kappa shape index (κ1) is 12.6. The Morgan fingerprint density at radius 3 is 2.33 bits per heavy atom. The first-order chi connectivity index (χ1) is 7.22. The van der Waals surface area contributed by atoms with Gasteiger partial charge in [0.2, 0.25) is 0 Å². The summed E-state index contributed by atoms with van der Waals surface area (Å²) < 4.78 is 0. The molecular weight excluding hydrogens is 206 g/mol. The van der Waals surface area contributed by atoms with Gasteiger partial charge in [-0.3, -0.25) is 0 Å². The second kappa shape index (κ2) is 6.16. The fraction of sp³-hybridized carbons (Fsp3) is 0.500. The molecule has 0 saturated carbocycles. The Morgan fingerprint density at radius 1 is 1.33 bits per heavy atom. The van der Waals surface area contributed by atoms with Gasteiger partial charge < -0.3 is 10.8 Å². The molecule has 15 heavy (non-hydrogen) atoms. The molecular formula is C12H19NOS. The molecule has 0 bridgehead atoms. The van der Waals surface area contributed by atoms with Crippen molar-refractivity contribution in [3.05, 3.63) is 29.8 Å². The van der Waals surface area contributed by atoms with Crippen LogP contribution in [0.4, 0.5) is 0 Å². The summed E-state index contributed by atoms with van der Waals surface area (Å²) >= 11 is 1.72. The van der Waals surface area contributed by atoms with Crippen LogP contribution >= 0.6 is 11.8 Å². The maximum atomic E-state index is 9.17. The van der Waals surface area contributed by atoms with Gasteiger partial charge in [0.05, 0.1) is 0 Å². The Hall–Kier alpha value is -0.510. The van der Waals surface area contributed by atoms with E-state index in [0.717, 1.165) is 12.0 Å². The molecule has 0 aliphatic carbocycles. The van der Waals surface area contributed by atoms with Crippen LogP contribution in [0, 0.1) is 5.92 Å². The molecule has 84 valence electrons. The number of aliphatic hydroxyl groups excluding tert-OH is 1. The molecule has 2 atom stereocenters. The van der Waals surface area contributed by atoms with Gasteiger partial charge in [-0.05, 0) is 30.4 Å². The molecule has 2 nitrogen and oxygen atoms in total. The number of thioether (sulfide) groups is 1. The number of rotatable bonds is 5. The van der Waals surface area contributed by atoms with Crippen molar-refractivity contribution in [2.24, 2.45) is 11.7 Å². The van der Waals surface area contributed by atoms with Crippen LogP contribution in [0.25, 0.3) is 0 Å². The molecule has 0 saturated heterocycles. The normalized spacial score (nSPS) is 14.9. The third-order valence-electron chi connectivity index (χ3n) is 2.77. The molecule has 0 aromatic heterocycles. The molecule has 0 aliphatic rings. The van der Waals surface area contributed by atoms with E-state index in [4.69, 9.17) is 5.73 Å². The van der Waals surface area contributed by atoms with Crippen LogP contribution < -0.4 is 5.73 Å². The zero-order chi connectivity index (χ0) is 11.3. The van der Waals surface area contributed by atoms with Gasteiger partial charge in [-0.2, -0.15) is 0 Å². The van der Waals surface area contributed by atoms with Crippen molar-refractivity contribution < 1.29 is 5.11 Å². The van der Waals surface area contributed by atoms with E-state index < -0.39 is 0 Å². The Balaban J connectivity index is 2.76. The van der Waals surface area contributed by atoms with Crippen molar-refractivity contribution in [3.8, 4) is 0 Å². The van der Waals surface area contributed by atoms with Crippen molar-refractivity contribution >= 4 is 11.8 Å². The van der Waals surface area contributed by atoms with Crippen LogP contribution in [0.3, 0.4) is 0 Å². The zero-order valence-electron chi connectivity index (χ0n) is 9.31. The fourth-order valence-electron chi connectivity index (χ4n) is 1.59. The minimum Gasteiger partial charge on any atom is -0.396 e. The van der Waals surface area contributed by atoms with Crippen molar-refractivity contribution in [3.63, 3.8) is 0 Å². The van der Waals surface area contributed by atoms with E-state index in [1.54, 1.807) is 11.8 Å². The van der Waals surface area contributed by atoms with Gasteiger partial charge >= 0.3 is 0 Å². The Bertz CT molecular complexity index is 282. The lowest BCUT2D eigenvalue weighted by molar-refractivity contribution is 0.200. The third-order valence-corrected chi connectivity index (χ3v) is 3.51. The van der Waals surface area contributed by atoms with E-state index in [0.29, 0.717) is 0 Å². The SMILES string of the molecule is CCC(CO)C(N)c1ccc(SC)cc1. The van der Waals surface area contributed by atoms with Crippen molar-refractivity contribution in [1.29, 1.82) is 0 Å². The van der Waals surface area contributed by atoms with Gasteiger partial charge in [0, 0.05) is 23.5 Å². The maximum Gasteiger partial charge on any atom is 0.0477 e. The van der Waals surface area contributed by atoms with Crippen LogP contribution in [-0.2, 0) is 0 Å². The average Bonchev–Trinajstić information content (AvgIpc) is 2.30. The number of nitrogens with two attached hydrogens (primary N) is 1. The molecule has 3 N–H and O–H groups in total. The van der Waals surface area contributed by atoms with Gasteiger partial charge in [-0.25, -0.2) is 0 Å². The topological polar surface area (TPSA) is 46.2 Å². The third kappa shape index (κ3) is 3.23. The average molecular weight is 225 g/mol. The van der Waals surface area contributed by atoms with Crippen LogP contribution in [0.15, 0.2) is 29.2 Å². The highest BCUT2D eigenvalue weighted by Crippen LogP contribution is 2.24. The van der Waals surface area contributed by atoms with Gasteiger partial charge in [-0.15, -0.1) is 11.8 Å². The predicted octanol–water partition coefficient (Wildman–Crippen LogP) is 2.43. The van der Waals surface area contributed by atoms with E-state index in [-0.39, 0.29) is 18.6 Å².